The zero-order chi connectivity index (χ0) is 15.5. The molecule has 2 rings (SSSR count). The lowest BCUT2D eigenvalue weighted by atomic mass is 10.1. The minimum Gasteiger partial charge on any atom is -0.497 e. The van der Waals surface area contributed by atoms with Crippen molar-refractivity contribution in [3.05, 3.63) is 35.9 Å². The third kappa shape index (κ3) is 4.99. The summed E-state index contributed by atoms with van der Waals surface area (Å²) in [5.41, 5.74) is 0.868. The first kappa shape index (κ1) is 16.8. The van der Waals surface area contributed by atoms with Crippen molar-refractivity contribution in [2.75, 3.05) is 13.7 Å². The van der Waals surface area contributed by atoms with Gasteiger partial charge in [0.05, 0.1) is 17.6 Å². The third-order valence-corrected chi connectivity index (χ3v) is 5.87. The van der Waals surface area contributed by atoms with E-state index < -0.39 is 5.10 Å². The van der Waals surface area contributed by atoms with Crippen molar-refractivity contribution in [2.45, 2.75) is 19.4 Å². The molecule has 1 aliphatic rings. The molecule has 0 spiro atoms. The molecule has 3 nitrogen and oxygen atoms in total. The molecule has 0 saturated heterocycles. The zero-order valence-electron chi connectivity index (χ0n) is 12.0. The van der Waals surface area contributed by atoms with Crippen LogP contribution in [-0.2, 0) is 28.8 Å². The molecule has 21 heavy (non-hydrogen) atoms. The summed E-state index contributed by atoms with van der Waals surface area (Å²) < 4.78 is 10.8. The molecule has 1 aromatic carbocycles. The molecule has 0 fully saturated rings. The number of nitrogens with zero attached hydrogens (tertiary/aromatic N) is 1. The van der Waals surface area contributed by atoms with Crippen molar-refractivity contribution >= 4 is 51.3 Å². The van der Waals surface area contributed by atoms with E-state index in [0.717, 1.165) is 16.2 Å². The van der Waals surface area contributed by atoms with Gasteiger partial charge in [-0.15, -0.1) is 0 Å². The Morgan fingerprint density at radius 1 is 1.48 bits per heavy atom. The highest BCUT2D eigenvalue weighted by Gasteiger charge is 2.25. The van der Waals surface area contributed by atoms with Gasteiger partial charge in [-0.2, -0.15) is 0 Å². The van der Waals surface area contributed by atoms with Gasteiger partial charge in [0, 0.05) is 6.08 Å². The summed E-state index contributed by atoms with van der Waals surface area (Å²) in [4.78, 5) is 5.54. The minimum atomic E-state index is -0.946. The van der Waals surface area contributed by atoms with Crippen LogP contribution in [0.5, 0.6) is 5.75 Å². The topological polar surface area (TPSA) is 30.8 Å². The Morgan fingerprint density at radius 2 is 2.14 bits per heavy atom. The molecule has 0 saturated carbocycles. The zero-order valence-corrected chi connectivity index (χ0v) is 15.4. The van der Waals surface area contributed by atoms with Gasteiger partial charge in [0.2, 0.25) is 5.90 Å². The fourth-order valence-corrected chi connectivity index (χ4v) is 4.75. The first-order chi connectivity index (χ1) is 9.89. The van der Waals surface area contributed by atoms with E-state index in [2.05, 4.69) is 4.99 Å². The average Bonchev–Trinajstić information content (AvgIpc) is 2.77. The summed E-state index contributed by atoms with van der Waals surface area (Å²) >= 11 is 11.9. The molecule has 0 aromatic heterocycles. The van der Waals surface area contributed by atoms with E-state index in [9.17, 15) is 0 Å². The van der Waals surface area contributed by atoms with Gasteiger partial charge in [0.1, 0.15) is 40.6 Å². The molecule has 1 unspecified atom stereocenters. The van der Waals surface area contributed by atoms with E-state index in [4.69, 9.17) is 33.5 Å². The van der Waals surface area contributed by atoms with E-state index in [-0.39, 0.29) is 5.54 Å². The van der Waals surface area contributed by atoms with Crippen molar-refractivity contribution in [2.24, 2.45) is 4.99 Å². The number of hydrogen-bond donors (Lipinski definition) is 0. The Balaban J connectivity index is 2.31. The molecule has 1 aliphatic heterocycles. The highest BCUT2D eigenvalue weighted by Crippen LogP contribution is 2.46. The van der Waals surface area contributed by atoms with Gasteiger partial charge in [-0.25, -0.2) is 4.99 Å². The summed E-state index contributed by atoms with van der Waals surface area (Å²) in [5, 5.41) is -0.946. The number of ether oxygens (including phenoxy) is 2. The van der Waals surface area contributed by atoms with Crippen LogP contribution in [0.4, 0.5) is 0 Å². The highest BCUT2D eigenvalue weighted by atomic mass is 33.2. The average molecular weight is 357 g/mol. The fraction of sp³-hybridized carbons (Fsp3) is 0.357. The predicted molar refractivity (Wildman–Crippen MR) is 97.7 cm³/mol. The van der Waals surface area contributed by atoms with Crippen molar-refractivity contribution < 1.29 is 9.47 Å². The van der Waals surface area contributed by atoms with Gasteiger partial charge in [0.15, 0.2) is 0 Å². The predicted octanol–water partition coefficient (Wildman–Crippen LogP) is 4.30. The minimum absolute atomic E-state index is 0.172. The Morgan fingerprint density at radius 3 is 2.62 bits per heavy atom. The number of aliphatic imine (C=N–C) groups is 1. The normalized spacial score (nSPS) is 18.0. The van der Waals surface area contributed by atoms with Gasteiger partial charge >= 0.3 is 0 Å². The second kappa shape index (κ2) is 7.14. The number of hydrogen-bond acceptors (Lipinski definition) is 6. The molecule has 1 heterocycles. The molecule has 112 valence electrons. The molecule has 7 heteroatoms. The molecular weight excluding hydrogens is 341 g/mol. The van der Waals surface area contributed by atoms with Gasteiger partial charge in [-0.1, -0.05) is 12.1 Å². The van der Waals surface area contributed by atoms with Crippen LogP contribution < -0.4 is 4.74 Å². The van der Waals surface area contributed by atoms with Crippen LogP contribution in [0.15, 0.2) is 35.3 Å². The Kier molecular flexibility index (Phi) is 5.72. The SMILES string of the molecule is COc1ccc(/C(=C/C2=NC(C)(C)CO2)S[P+](=S)[S-])cc1. The standard InChI is InChI=1S/C14H16NO2PS3/c1-14(2)9-17-13(15-14)8-12(21-18(19)20)10-4-6-11(16-3)7-5-10/h4-8H,9H2,1-3H3/b12-8-. The van der Waals surface area contributed by atoms with Crippen molar-refractivity contribution in [1.29, 1.82) is 0 Å². The molecule has 0 N–H and O–H groups in total. The summed E-state index contributed by atoms with van der Waals surface area (Å²) in [5.74, 6) is 1.46. The van der Waals surface area contributed by atoms with Crippen molar-refractivity contribution in [3.63, 3.8) is 0 Å². The summed E-state index contributed by atoms with van der Waals surface area (Å²) in [6.07, 6.45) is 1.93. The van der Waals surface area contributed by atoms with Crippen LogP contribution >= 0.6 is 16.5 Å². The summed E-state index contributed by atoms with van der Waals surface area (Å²) in [6, 6.07) is 7.81. The van der Waals surface area contributed by atoms with E-state index in [1.165, 1.54) is 11.4 Å². The molecular formula is C14H16NO2PS3. The monoisotopic (exact) mass is 357 g/mol. The van der Waals surface area contributed by atoms with Crippen LogP contribution in [0.1, 0.15) is 19.4 Å². The third-order valence-electron chi connectivity index (χ3n) is 2.79. The van der Waals surface area contributed by atoms with E-state index >= 15 is 0 Å². The molecule has 0 radical (unpaired) electrons. The maximum atomic E-state index is 5.62. The molecule has 1 atom stereocenters. The van der Waals surface area contributed by atoms with Crippen LogP contribution in [0, 0.1) is 0 Å². The lowest BCUT2D eigenvalue weighted by Crippen LogP contribution is -2.17. The van der Waals surface area contributed by atoms with Gasteiger partial charge in [-0.05, 0) is 31.5 Å². The number of methoxy groups -OCH3 is 1. The fourth-order valence-electron chi connectivity index (χ4n) is 1.80. The largest absolute Gasteiger partial charge is 0.497 e. The number of rotatable bonds is 5. The van der Waals surface area contributed by atoms with E-state index in [1.807, 2.05) is 44.2 Å². The smallest absolute Gasteiger partial charge is 0.210 e. The summed E-state index contributed by atoms with van der Waals surface area (Å²) in [6.45, 7) is 4.68. The van der Waals surface area contributed by atoms with Crippen molar-refractivity contribution in [1.82, 2.24) is 0 Å². The molecule has 0 aliphatic carbocycles. The van der Waals surface area contributed by atoms with Crippen LogP contribution in [0.2, 0.25) is 0 Å². The first-order valence-electron chi connectivity index (χ1n) is 6.31. The molecule has 0 amide bonds. The maximum Gasteiger partial charge on any atom is 0.210 e. The van der Waals surface area contributed by atoms with E-state index in [0.29, 0.717) is 12.5 Å². The molecule has 1 aromatic rings. The van der Waals surface area contributed by atoms with Crippen LogP contribution in [0.3, 0.4) is 0 Å². The van der Waals surface area contributed by atoms with Crippen molar-refractivity contribution in [3.8, 4) is 5.75 Å². The number of benzene rings is 1. The lowest BCUT2D eigenvalue weighted by molar-refractivity contribution is 0.280. The Labute approximate surface area is 140 Å². The second-order valence-electron chi connectivity index (χ2n) is 5.10. The highest BCUT2D eigenvalue weighted by molar-refractivity contribution is 8.87. The van der Waals surface area contributed by atoms with Gasteiger partial charge in [0.25, 0.3) is 0 Å². The van der Waals surface area contributed by atoms with E-state index in [1.54, 1.807) is 7.11 Å². The summed E-state index contributed by atoms with van der Waals surface area (Å²) in [7, 11) is 1.65. The van der Waals surface area contributed by atoms with Crippen LogP contribution in [-0.4, -0.2) is 25.2 Å². The molecule has 0 bridgehead atoms. The Bertz CT molecular complexity index is 597. The maximum absolute atomic E-state index is 5.62. The quantitative estimate of drug-likeness (QED) is 0.579. The van der Waals surface area contributed by atoms with Gasteiger partial charge < -0.3 is 21.7 Å². The second-order valence-corrected chi connectivity index (χ2v) is 12.1. The van der Waals surface area contributed by atoms with Gasteiger partial charge in [-0.3, -0.25) is 0 Å². The lowest BCUT2D eigenvalue weighted by Gasteiger charge is -2.07. The Hall–Kier alpha value is -0.550. The first-order valence-corrected chi connectivity index (χ1v) is 11.1. The van der Waals surface area contributed by atoms with Crippen LogP contribution in [0.25, 0.3) is 4.91 Å².